The third kappa shape index (κ3) is 8.47. The molecule has 13 heteroatoms. The van der Waals surface area contributed by atoms with Crippen molar-refractivity contribution < 1.29 is 28.8 Å². The predicted molar refractivity (Wildman–Crippen MR) is 169 cm³/mol. The van der Waals surface area contributed by atoms with Crippen molar-refractivity contribution in [2.24, 2.45) is 17.8 Å². The van der Waals surface area contributed by atoms with Crippen LogP contribution in [-0.4, -0.2) is 86.4 Å². The van der Waals surface area contributed by atoms with Crippen molar-refractivity contribution in [3.05, 3.63) is 24.3 Å². The second-order valence-corrected chi connectivity index (χ2v) is 13.6. The number of ketones is 1. The van der Waals surface area contributed by atoms with Crippen molar-refractivity contribution in [3.63, 3.8) is 0 Å². The summed E-state index contributed by atoms with van der Waals surface area (Å²) < 4.78 is 0. The maximum Gasteiger partial charge on any atom is 0.289 e. The molecule has 6 atom stereocenters. The summed E-state index contributed by atoms with van der Waals surface area (Å²) in [5.41, 5.74) is 0.0663. The number of nitrogens with one attached hydrogen (secondary N) is 4. The summed E-state index contributed by atoms with van der Waals surface area (Å²) in [5.74, 6) is -3.79. The third-order valence-electron chi connectivity index (χ3n) is 9.25. The second kappa shape index (κ2) is 15.6. The quantitative estimate of drug-likeness (QED) is 0.222. The molecule has 2 aliphatic carbocycles. The molecular formula is C33H49N7O6. The minimum atomic E-state index is -0.985. The van der Waals surface area contributed by atoms with Crippen molar-refractivity contribution in [2.45, 2.75) is 129 Å². The number of hydrogen-bond donors (Lipinski definition) is 4. The highest BCUT2D eigenvalue weighted by Crippen LogP contribution is 2.40. The predicted octanol–water partition coefficient (Wildman–Crippen LogP) is 1.66. The van der Waals surface area contributed by atoms with Crippen LogP contribution in [0.5, 0.6) is 0 Å². The smallest absolute Gasteiger partial charge is 0.289 e. The van der Waals surface area contributed by atoms with E-state index in [1.807, 2.05) is 20.8 Å². The lowest BCUT2D eigenvalue weighted by Crippen LogP contribution is -2.61. The Hall–Kier alpha value is -3.90. The fraction of sp³-hybridized carbons (Fsp3) is 0.697. The second-order valence-electron chi connectivity index (χ2n) is 13.6. The number of rotatable bonds is 14. The molecule has 5 amide bonds. The monoisotopic (exact) mass is 639 g/mol. The van der Waals surface area contributed by atoms with E-state index >= 15 is 0 Å². The van der Waals surface area contributed by atoms with Crippen LogP contribution in [0.1, 0.15) is 103 Å². The van der Waals surface area contributed by atoms with E-state index in [1.54, 1.807) is 18.7 Å². The summed E-state index contributed by atoms with van der Waals surface area (Å²) in [6.45, 7) is 9.10. The molecule has 1 aliphatic heterocycles. The third-order valence-corrected chi connectivity index (χ3v) is 9.25. The van der Waals surface area contributed by atoms with Crippen LogP contribution in [0.2, 0.25) is 0 Å². The fourth-order valence-electron chi connectivity index (χ4n) is 6.56. The SMILES string of the molecule is CCCC(NC(=O)[C@@H]1C[C@@H]2CCCC[C@@H]2N1C(=O)[C@@H](NC(=O)[C@@H](NC(=O)c1cnccn1)C(C)C)C(C)C)C(=O)C(=O)NC1CC1. The minimum Gasteiger partial charge on any atom is -0.347 e. The zero-order valence-corrected chi connectivity index (χ0v) is 27.6. The number of hydrogen-bond acceptors (Lipinski definition) is 8. The molecule has 46 heavy (non-hydrogen) atoms. The molecule has 1 saturated heterocycles. The molecule has 1 aromatic heterocycles. The van der Waals surface area contributed by atoms with Crippen LogP contribution in [0.25, 0.3) is 0 Å². The Morgan fingerprint density at radius 2 is 1.59 bits per heavy atom. The Kier molecular flexibility index (Phi) is 11.9. The normalized spacial score (nSPS) is 22.8. The van der Waals surface area contributed by atoms with Gasteiger partial charge in [-0.05, 0) is 56.3 Å². The molecule has 0 spiro atoms. The van der Waals surface area contributed by atoms with E-state index in [9.17, 15) is 28.8 Å². The number of nitrogens with zero attached hydrogens (tertiary/aromatic N) is 3. The number of likely N-dealkylation sites (tertiary alicyclic amines) is 1. The van der Waals surface area contributed by atoms with E-state index in [0.717, 1.165) is 38.5 Å². The minimum absolute atomic E-state index is 0.0132. The highest BCUT2D eigenvalue weighted by molar-refractivity contribution is 6.38. The van der Waals surface area contributed by atoms with Gasteiger partial charge in [-0.2, -0.15) is 0 Å². The van der Waals surface area contributed by atoms with Gasteiger partial charge in [-0.3, -0.25) is 33.8 Å². The summed E-state index contributed by atoms with van der Waals surface area (Å²) in [4.78, 5) is 89.9. The molecule has 1 aromatic rings. The van der Waals surface area contributed by atoms with Gasteiger partial charge in [0.15, 0.2) is 0 Å². The van der Waals surface area contributed by atoms with Crippen LogP contribution in [0.4, 0.5) is 0 Å². The maximum atomic E-state index is 14.4. The summed E-state index contributed by atoms with van der Waals surface area (Å²) in [6.07, 6.45) is 10.7. The number of aromatic nitrogens is 2. The number of amides is 5. The van der Waals surface area contributed by atoms with Crippen molar-refractivity contribution in [1.82, 2.24) is 36.1 Å². The van der Waals surface area contributed by atoms with Crippen LogP contribution in [0.3, 0.4) is 0 Å². The fourth-order valence-corrected chi connectivity index (χ4v) is 6.56. The van der Waals surface area contributed by atoms with Gasteiger partial charge in [0, 0.05) is 24.5 Å². The largest absolute Gasteiger partial charge is 0.347 e. The molecule has 1 unspecified atom stereocenters. The highest BCUT2D eigenvalue weighted by Gasteiger charge is 2.50. The topological polar surface area (TPSA) is 180 Å². The number of fused-ring (bicyclic) bond motifs is 1. The molecule has 3 aliphatic rings. The van der Waals surface area contributed by atoms with Gasteiger partial charge in [0.25, 0.3) is 11.8 Å². The standard InChI is InChI=1S/C33H49N7O6/c1-6-9-22(28(41)32(45)36-21-12-13-21)37-30(43)25-16-20-10-7-8-11-24(20)40(25)33(46)27(19(4)5)39-31(44)26(18(2)3)38-29(42)23-17-34-14-15-35-23/h14-15,17-22,24-27H,6-13,16H2,1-5H3,(H,36,45)(H,37,43)(H,38,42)(H,39,44)/t20-,22?,24-,25-,26-,27-/m0/s1. The molecule has 4 N–H and O–H groups in total. The van der Waals surface area contributed by atoms with Crippen molar-refractivity contribution >= 4 is 35.3 Å². The zero-order valence-electron chi connectivity index (χ0n) is 27.6. The first-order chi connectivity index (χ1) is 21.9. The molecule has 0 bridgehead atoms. The molecule has 13 nitrogen and oxygen atoms in total. The average Bonchev–Trinajstić information content (AvgIpc) is 3.77. The Morgan fingerprint density at radius 3 is 2.20 bits per heavy atom. The lowest BCUT2D eigenvalue weighted by Gasteiger charge is -2.37. The first-order valence-corrected chi connectivity index (χ1v) is 16.8. The maximum absolute atomic E-state index is 14.4. The van der Waals surface area contributed by atoms with E-state index in [0.29, 0.717) is 19.3 Å². The molecule has 4 rings (SSSR count). The van der Waals surface area contributed by atoms with Gasteiger partial charge in [-0.25, -0.2) is 4.98 Å². The van der Waals surface area contributed by atoms with Crippen LogP contribution >= 0.6 is 0 Å². The van der Waals surface area contributed by atoms with E-state index in [2.05, 4.69) is 31.2 Å². The summed E-state index contributed by atoms with van der Waals surface area (Å²) in [5, 5.41) is 11.1. The van der Waals surface area contributed by atoms with Gasteiger partial charge in [-0.15, -0.1) is 0 Å². The van der Waals surface area contributed by atoms with E-state index in [-0.39, 0.29) is 41.4 Å². The molecule has 2 saturated carbocycles. The summed E-state index contributed by atoms with van der Waals surface area (Å²) >= 11 is 0. The van der Waals surface area contributed by atoms with Gasteiger partial charge in [0.05, 0.1) is 12.2 Å². The Labute approximate surface area is 270 Å². The summed E-state index contributed by atoms with van der Waals surface area (Å²) in [7, 11) is 0. The van der Waals surface area contributed by atoms with E-state index in [4.69, 9.17) is 0 Å². The van der Waals surface area contributed by atoms with Gasteiger partial charge >= 0.3 is 0 Å². The Balaban J connectivity index is 1.52. The number of carbonyl (C=O) groups is 6. The molecule has 0 radical (unpaired) electrons. The van der Waals surface area contributed by atoms with Crippen molar-refractivity contribution in [1.29, 1.82) is 0 Å². The van der Waals surface area contributed by atoms with Gasteiger partial charge < -0.3 is 26.2 Å². The first-order valence-electron chi connectivity index (χ1n) is 16.8. The highest BCUT2D eigenvalue weighted by atomic mass is 16.2. The molecule has 252 valence electrons. The lowest BCUT2D eigenvalue weighted by molar-refractivity contribution is -0.146. The molecule has 0 aromatic carbocycles. The van der Waals surface area contributed by atoms with E-state index < -0.39 is 53.6 Å². The summed E-state index contributed by atoms with van der Waals surface area (Å²) in [6, 6.07) is -3.90. The van der Waals surface area contributed by atoms with E-state index in [1.165, 1.54) is 18.6 Å². The van der Waals surface area contributed by atoms with Gasteiger partial charge in [-0.1, -0.05) is 53.9 Å². The van der Waals surface area contributed by atoms with Gasteiger partial charge in [0.2, 0.25) is 23.5 Å². The lowest BCUT2D eigenvalue weighted by atomic mass is 9.84. The number of Topliss-reactive ketones (excluding diaryl/α,β-unsaturated/α-hetero) is 1. The Morgan fingerprint density at radius 1 is 0.891 bits per heavy atom. The zero-order chi connectivity index (χ0) is 33.5. The molecule has 3 fully saturated rings. The Bertz CT molecular complexity index is 1280. The van der Waals surface area contributed by atoms with Crippen molar-refractivity contribution in [2.75, 3.05) is 0 Å². The first kappa shape index (κ1) is 35.0. The van der Waals surface area contributed by atoms with Crippen LogP contribution < -0.4 is 21.3 Å². The van der Waals surface area contributed by atoms with Crippen LogP contribution in [0.15, 0.2) is 18.6 Å². The van der Waals surface area contributed by atoms with Crippen LogP contribution in [0, 0.1) is 17.8 Å². The molecular weight excluding hydrogens is 590 g/mol. The molecule has 2 heterocycles. The number of carbonyl (C=O) groups excluding carboxylic acids is 6. The van der Waals surface area contributed by atoms with Crippen LogP contribution in [-0.2, 0) is 24.0 Å². The average molecular weight is 640 g/mol. The van der Waals surface area contributed by atoms with Gasteiger partial charge in [0.1, 0.15) is 23.8 Å². The van der Waals surface area contributed by atoms with Crippen molar-refractivity contribution in [3.8, 4) is 0 Å².